The molecule has 0 heterocycles. The van der Waals surface area contributed by atoms with E-state index in [4.69, 9.17) is 9.47 Å². The first-order valence-electron chi connectivity index (χ1n) is 5.09. The van der Waals surface area contributed by atoms with Gasteiger partial charge in [0.15, 0.2) is 0 Å². The molecule has 0 amide bonds. The third kappa shape index (κ3) is 5.23. The van der Waals surface area contributed by atoms with E-state index < -0.39 is 24.3 Å². The second-order valence-electron chi connectivity index (χ2n) is 3.70. The molecule has 0 spiro atoms. The van der Waals surface area contributed by atoms with Crippen LogP contribution in [0.1, 0.15) is 20.8 Å². The summed E-state index contributed by atoms with van der Waals surface area (Å²) in [5.41, 5.74) is 0.266. The number of esters is 2. The Hall–Kier alpha value is -2.20. The van der Waals surface area contributed by atoms with Gasteiger partial charge in [0.25, 0.3) is 6.29 Å². The number of carbonyl (C=O) groups is 2. The Labute approximate surface area is 105 Å². The number of rotatable bonds is 6. The highest BCUT2D eigenvalue weighted by molar-refractivity contribution is 5.88. The maximum atomic E-state index is 11.3. The zero-order chi connectivity index (χ0) is 14.3. The van der Waals surface area contributed by atoms with E-state index in [2.05, 4.69) is 18.2 Å². The lowest BCUT2D eigenvalue weighted by molar-refractivity contribution is -0.185. The van der Waals surface area contributed by atoms with Gasteiger partial charge in [-0.15, -0.1) is 0 Å². The third-order valence-electron chi connectivity index (χ3n) is 1.79. The van der Waals surface area contributed by atoms with Crippen molar-refractivity contribution in [1.29, 1.82) is 0 Å². The second kappa shape index (κ2) is 7.19. The lowest BCUT2D eigenvalue weighted by Crippen LogP contribution is -2.33. The van der Waals surface area contributed by atoms with Crippen molar-refractivity contribution >= 4 is 18.0 Å². The fraction of sp³-hybridized carbons (Fsp3) is 0.417. The van der Waals surface area contributed by atoms with Gasteiger partial charge in [0.1, 0.15) is 6.04 Å². The molecule has 1 atom stereocenters. The highest BCUT2D eigenvalue weighted by Crippen LogP contribution is 2.10. The van der Waals surface area contributed by atoms with Gasteiger partial charge in [0.2, 0.25) is 6.08 Å². The molecule has 0 saturated carbocycles. The van der Waals surface area contributed by atoms with E-state index in [1.807, 2.05) is 0 Å². The number of ether oxygens (including phenoxy) is 2. The Morgan fingerprint density at radius 3 is 1.78 bits per heavy atom. The predicted molar refractivity (Wildman–Crippen MR) is 63.2 cm³/mol. The van der Waals surface area contributed by atoms with Gasteiger partial charge in [-0.05, 0) is 20.8 Å². The lowest BCUT2D eigenvalue weighted by Gasteiger charge is -2.20. The Balaban J connectivity index is 4.88. The molecular formula is C12H15NO5. The molecule has 0 N–H and O–H groups in total. The van der Waals surface area contributed by atoms with E-state index in [0.717, 1.165) is 0 Å². The van der Waals surface area contributed by atoms with Crippen LogP contribution in [0.2, 0.25) is 0 Å². The Morgan fingerprint density at radius 2 is 1.50 bits per heavy atom. The molecule has 0 aliphatic carbocycles. The van der Waals surface area contributed by atoms with Gasteiger partial charge in [-0.1, -0.05) is 13.2 Å². The first kappa shape index (κ1) is 15.8. The minimum absolute atomic E-state index is 0.133. The zero-order valence-electron chi connectivity index (χ0n) is 10.6. The molecule has 0 bridgehead atoms. The van der Waals surface area contributed by atoms with Crippen molar-refractivity contribution in [1.82, 2.24) is 0 Å². The molecule has 98 valence electrons. The quantitative estimate of drug-likeness (QED) is 0.234. The number of hydrogen-bond acceptors (Lipinski definition) is 6. The second-order valence-corrected chi connectivity index (χ2v) is 3.70. The number of nitrogens with zero attached hydrogens (tertiary/aromatic N) is 1. The van der Waals surface area contributed by atoms with Gasteiger partial charge in [-0.25, -0.2) is 14.4 Å². The van der Waals surface area contributed by atoms with Crippen molar-refractivity contribution in [3.8, 4) is 0 Å². The molecule has 0 aromatic carbocycles. The molecule has 0 rings (SSSR count). The molecule has 18 heavy (non-hydrogen) atoms. The summed E-state index contributed by atoms with van der Waals surface area (Å²) in [5, 5.41) is 0. The SMILES string of the molecule is C=C(C)C(=O)OC(OC(=O)C(=C)C)C(C)N=C=O. The Kier molecular flexibility index (Phi) is 6.31. The van der Waals surface area contributed by atoms with Crippen LogP contribution in [0.25, 0.3) is 0 Å². The highest BCUT2D eigenvalue weighted by atomic mass is 16.7. The fourth-order valence-electron chi connectivity index (χ4n) is 0.777. The summed E-state index contributed by atoms with van der Waals surface area (Å²) >= 11 is 0. The van der Waals surface area contributed by atoms with E-state index in [1.54, 1.807) is 0 Å². The summed E-state index contributed by atoms with van der Waals surface area (Å²) in [6, 6.07) is -0.867. The van der Waals surface area contributed by atoms with Gasteiger partial charge < -0.3 is 9.47 Å². The molecule has 1 unspecified atom stereocenters. The summed E-state index contributed by atoms with van der Waals surface area (Å²) in [6.45, 7) is 11.1. The van der Waals surface area contributed by atoms with Crippen molar-refractivity contribution in [2.75, 3.05) is 0 Å². The van der Waals surface area contributed by atoms with Gasteiger partial charge >= 0.3 is 11.9 Å². The topological polar surface area (TPSA) is 82.0 Å². The lowest BCUT2D eigenvalue weighted by atomic mass is 10.3. The zero-order valence-corrected chi connectivity index (χ0v) is 10.6. The maximum absolute atomic E-state index is 11.3. The summed E-state index contributed by atoms with van der Waals surface area (Å²) in [5.74, 6) is -1.50. The van der Waals surface area contributed by atoms with Crippen LogP contribution in [0.5, 0.6) is 0 Å². The maximum Gasteiger partial charge on any atom is 0.336 e. The Morgan fingerprint density at radius 1 is 1.11 bits per heavy atom. The predicted octanol–water partition coefficient (Wildman–Crippen LogP) is 1.28. The summed E-state index contributed by atoms with van der Waals surface area (Å²) in [4.78, 5) is 36.2. The monoisotopic (exact) mass is 253 g/mol. The number of carbonyl (C=O) groups excluding carboxylic acids is 3. The van der Waals surface area contributed by atoms with Crippen LogP contribution >= 0.6 is 0 Å². The third-order valence-corrected chi connectivity index (χ3v) is 1.79. The van der Waals surface area contributed by atoms with Crippen molar-refractivity contribution in [2.24, 2.45) is 4.99 Å². The Bertz CT molecular complexity index is 392. The average Bonchev–Trinajstić information content (AvgIpc) is 2.27. The standard InChI is InChI=1S/C12H15NO5/c1-7(2)10(15)17-12(9(5)13-6-14)18-11(16)8(3)4/h9,12H,1,3H2,2,4-5H3. The average molecular weight is 253 g/mol. The summed E-state index contributed by atoms with van der Waals surface area (Å²) < 4.78 is 9.70. The minimum atomic E-state index is -1.32. The first-order valence-corrected chi connectivity index (χ1v) is 5.09. The van der Waals surface area contributed by atoms with E-state index in [0.29, 0.717) is 0 Å². The molecule has 6 nitrogen and oxygen atoms in total. The molecular weight excluding hydrogens is 238 g/mol. The molecule has 0 saturated heterocycles. The minimum Gasteiger partial charge on any atom is -0.419 e. The number of aliphatic imine (C=N–C) groups is 1. The summed E-state index contributed by atoms with van der Waals surface area (Å²) in [7, 11) is 0. The molecule has 0 fully saturated rings. The van der Waals surface area contributed by atoms with Crippen molar-refractivity contribution < 1.29 is 23.9 Å². The fourth-order valence-corrected chi connectivity index (χ4v) is 0.777. The van der Waals surface area contributed by atoms with Crippen LogP contribution < -0.4 is 0 Å². The van der Waals surface area contributed by atoms with Gasteiger partial charge in [0, 0.05) is 11.1 Å². The van der Waals surface area contributed by atoms with Crippen molar-refractivity contribution in [2.45, 2.75) is 33.1 Å². The molecule has 0 aromatic rings. The number of hydrogen-bond donors (Lipinski definition) is 0. The van der Waals surface area contributed by atoms with Crippen molar-refractivity contribution in [3.63, 3.8) is 0 Å². The van der Waals surface area contributed by atoms with Crippen LogP contribution in [-0.2, 0) is 23.9 Å². The smallest absolute Gasteiger partial charge is 0.336 e. The molecule has 0 aliphatic heterocycles. The van der Waals surface area contributed by atoms with E-state index in [1.165, 1.54) is 26.9 Å². The van der Waals surface area contributed by atoms with E-state index >= 15 is 0 Å². The molecule has 0 aliphatic rings. The molecule has 6 heteroatoms. The van der Waals surface area contributed by atoms with Crippen LogP contribution in [0.4, 0.5) is 0 Å². The van der Waals surface area contributed by atoms with Crippen LogP contribution in [0, 0.1) is 0 Å². The van der Waals surface area contributed by atoms with Gasteiger partial charge in [0.05, 0.1) is 0 Å². The normalized spacial score (nSPS) is 11.1. The van der Waals surface area contributed by atoms with Crippen LogP contribution in [-0.4, -0.2) is 30.4 Å². The van der Waals surface area contributed by atoms with Crippen LogP contribution in [0.15, 0.2) is 29.3 Å². The van der Waals surface area contributed by atoms with E-state index in [-0.39, 0.29) is 11.1 Å². The summed E-state index contributed by atoms with van der Waals surface area (Å²) in [6.07, 6.45) is -0.0192. The molecule has 0 aromatic heterocycles. The first-order chi connectivity index (χ1) is 8.29. The highest BCUT2D eigenvalue weighted by Gasteiger charge is 2.26. The van der Waals surface area contributed by atoms with E-state index in [9.17, 15) is 14.4 Å². The van der Waals surface area contributed by atoms with Crippen LogP contribution in [0.3, 0.4) is 0 Å². The van der Waals surface area contributed by atoms with Gasteiger partial charge in [-0.3, -0.25) is 0 Å². The molecule has 0 radical (unpaired) electrons. The van der Waals surface area contributed by atoms with Crippen molar-refractivity contribution in [3.05, 3.63) is 24.3 Å². The van der Waals surface area contributed by atoms with Gasteiger partial charge in [-0.2, -0.15) is 4.99 Å². The largest absolute Gasteiger partial charge is 0.419 e. The number of isocyanates is 1.